The van der Waals surface area contributed by atoms with Crippen LogP contribution in [0.3, 0.4) is 0 Å². The summed E-state index contributed by atoms with van der Waals surface area (Å²) >= 11 is 0. The smallest absolute Gasteiger partial charge is 0.0809 e. The van der Waals surface area contributed by atoms with Gasteiger partial charge in [-0.15, -0.1) is 0 Å². The van der Waals surface area contributed by atoms with E-state index in [1.807, 2.05) is 24.4 Å². The van der Waals surface area contributed by atoms with E-state index in [2.05, 4.69) is 29.5 Å². The fourth-order valence-corrected chi connectivity index (χ4v) is 2.78. The second kappa shape index (κ2) is 5.25. The Hall–Kier alpha value is -1.49. The first-order valence-electron chi connectivity index (χ1n) is 6.72. The molecule has 4 heteroatoms. The summed E-state index contributed by atoms with van der Waals surface area (Å²) in [6, 6.07) is 10.2. The summed E-state index contributed by atoms with van der Waals surface area (Å²) in [5.41, 5.74) is 4.98. The normalized spacial score (nSPS) is 24.7. The molecular formula is C15H19N3O. The summed E-state index contributed by atoms with van der Waals surface area (Å²) in [4.78, 5) is 4.50. The second-order valence-electron chi connectivity index (χ2n) is 5.21. The average molecular weight is 257 g/mol. The van der Waals surface area contributed by atoms with E-state index in [0.717, 1.165) is 29.5 Å². The molecule has 0 amide bonds. The van der Waals surface area contributed by atoms with Crippen molar-refractivity contribution in [3.05, 3.63) is 42.1 Å². The molecule has 0 saturated carbocycles. The van der Waals surface area contributed by atoms with Gasteiger partial charge < -0.3 is 4.74 Å². The number of hydrogen-bond acceptors (Lipinski definition) is 4. The van der Waals surface area contributed by atoms with Gasteiger partial charge >= 0.3 is 0 Å². The lowest BCUT2D eigenvalue weighted by molar-refractivity contribution is 0.0607. The summed E-state index contributed by atoms with van der Waals surface area (Å²) < 4.78 is 5.81. The SMILES string of the molecule is CC1CCOC1C(NN)c1cnc2ccccc2c1. The Kier molecular flexibility index (Phi) is 3.46. The highest BCUT2D eigenvalue weighted by molar-refractivity contribution is 5.78. The number of hydrogen-bond donors (Lipinski definition) is 2. The molecule has 3 rings (SSSR count). The molecule has 1 aromatic carbocycles. The molecule has 1 fully saturated rings. The van der Waals surface area contributed by atoms with Crippen LogP contribution < -0.4 is 11.3 Å². The van der Waals surface area contributed by atoms with Crippen molar-refractivity contribution in [2.75, 3.05) is 6.61 Å². The van der Waals surface area contributed by atoms with Gasteiger partial charge in [0.2, 0.25) is 0 Å². The Morgan fingerprint density at radius 3 is 3.00 bits per heavy atom. The van der Waals surface area contributed by atoms with E-state index < -0.39 is 0 Å². The van der Waals surface area contributed by atoms with E-state index in [1.54, 1.807) is 0 Å². The summed E-state index contributed by atoms with van der Waals surface area (Å²) in [6.45, 7) is 3.02. The minimum atomic E-state index is -0.00499. The van der Waals surface area contributed by atoms with Crippen LogP contribution in [0.25, 0.3) is 10.9 Å². The number of nitrogens with one attached hydrogen (secondary N) is 1. The number of nitrogens with zero attached hydrogens (tertiary/aromatic N) is 1. The van der Waals surface area contributed by atoms with Crippen LogP contribution >= 0.6 is 0 Å². The molecule has 4 nitrogen and oxygen atoms in total. The number of nitrogens with two attached hydrogens (primary N) is 1. The maximum absolute atomic E-state index is 5.81. The van der Waals surface area contributed by atoms with Gasteiger partial charge in [0.1, 0.15) is 0 Å². The van der Waals surface area contributed by atoms with Crippen molar-refractivity contribution in [2.45, 2.75) is 25.5 Å². The zero-order valence-corrected chi connectivity index (χ0v) is 11.0. The number of para-hydroxylation sites is 1. The molecule has 2 aromatic rings. The van der Waals surface area contributed by atoms with Crippen molar-refractivity contribution < 1.29 is 4.74 Å². The van der Waals surface area contributed by atoms with Crippen molar-refractivity contribution in [3.63, 3.8) is 0 Å². The van der Waals surface area contributed by atoms with E-state index >= 15 is 0 Å². The quantitative estimate of drug-likeness (QED) is 0.653. The maximum Gasteiger partial charge on any atom is 0.0809 e. The van der Waals surface area contributed by atoms with Crippen LogP contribution in [0.5, 0.6) is 0 Å². The van der Waals surface area contributed by atoms with Crippen molar-refractivity contribution in [2.24, 2.45) is 11.8 Å². The molecule has 0 spiro atoms. The van der Waals surface area contributed by atoms with E-state index in [1.165, 1.54) is 0 Å². The Balaban J connectivity index is 1.96. The Bertz CT molecular complexity index is 572. The molecule has 1 saturated heterocycles. The lowest BCUT2D eigenvalue weighted by atomic mass is 9.93. The van der Waals surface area contributed by atoms with Gasteiger partial charge in [-0.25, -0.2) is 0 Å². The predicted octanol–water partition coefficient (Wildman–Crippen LogP) is 2.16. The van der Waals surface area contributed by atoms with E-state index in [0.29, 0.717) is 5.92 Å². The van der Waals surface area contributed by atoms with Crippen LogP contribution in [0.2, 0.25) is 0 Å². The minimum Gasteiger partial charge on any atom is -0.376 e. The van der Waals surface area contributed by atoms with E-state index in [-0.39, 0.29) is 12.1 Å². The van der Waals surface area contributed by atoms with Crippen LogP contribution in [0, 0.1) is 5.92 Å². The molecule has 0 radical (unpaired) electrons. The van der Waals surface area contributed by atoms with Gasteiger partial charge in [0.05, 0.1) is 17.7 Å². The number of rotatable bonds is 3. The van der Waals surface area contributed by atoms with Crippen LogP contribution in [0.1, 0.15) is 24.9 Å². The third-order valence-electron chi connectivity index (χ3n) is 3.92. The number of benzene rings is 1. The first kappa shape index (κ1) is 12.5. The van der Waals surface area contributed by atoms with Crippen molar-refractivity contribution in [1.82, 2.24) is 10.4 Å². The number of fused-ring (bicyclic) bond motifs is 1. The topological polar surface area (TPSA) is 60.2 Å². The summed E-state index contributed by atoms with van der Waals surface area (Å²) in [7, 11) is 0. The average Bonchev–Trinajstić information content (AvgIpc) is 2.86. The summed E-state index contributed by atoms with van der Waals surface area (Å²) in [6.07, 6.45) is 3.10. The zero-order valence-electron chi connectivity index (χ0n) is 11.0. The molecule has 100 valence electrons. The number of pyridine rings is 1. The van der Waals surface area contributed by atoms with Gasteiger partial charge in [0.25, 0.3) is 0 Å². The number of aromatic nitrogens is 1. The monoisotopic (exact) mass is 257 g/mol. The molecule has 0 bridgehead atoms. The fraction of sp³-hybridized carbons (Fsp3) is 0.400. The molecule has 3 N–H and O–H groups in total. The van der Waals surface area contributed by atoms with E-state index in [4.69, 9.17) is 10.6 Å². The molecule has 0 aliphatic carbocycles. The second-order valence-corrected chi connectivity index (χ2v) is 5.21. The highest BCUT2D eigenvalue weighted by Gasteiger charge is 2.32. The van der Waals surface area contributed by atoms with Gasteiger partial charge in [-0.3, -0.25) is 16.3 Å². The van der Waals surface area contributed by atoms with Crippen LogP contribution in [-0.4, -0.2) is 17.7 Å². The van der Waals surface area contributed by atoms with Gasteiger partial charge in [0.15, 0.2) is 0 Å². The van der Waals surface area contributed by atoms with Crippen LogP contribution in [0.4, 0.5) is 0 Å². The molecular weight excluding hydrogens is 238 g/mol. The third-order valence-corrected chi connectivity index (χ3v) is 3.92. The third kappa shape index (κ3) is 2.34. The Labute approximate surface area is 112 Å². The highest BCUT2D eigenvalue weighted by atomic mass is 16.5. The van der Waals surface area contributed by atoms with Crippen molar-refractivity contribution >= 4 is 10.9 Å². The molecule has 2 heterocycles. The van der Waals surface area contributed by atoms with Crippen LogP contribution in [0.15, 0.2) is 36.5 Å². The standard InChI is InChI=1S/C15H19N3O/c1-10-6-7-19-15(10)14(18-16)12-8-11-4-2-3-5-13(11)17-9-12/h2-5,8-10,14-15,18H,6-7,16H2,1H3. The predicted molar refractivity (Wildman–Crippen MR) is 75.3 cm³/mol. The van der Waals surface area contributed by atoms with E-state index in [9.17, 15) is 0 Å². The lowest BCUT2D eigenvalue weighted by Gasteiger charge is -2.25. The van der Waals surface area contributed by atoms with Gasteiger partial charge in [-0.2, -0.15) is 0 Å². The lowest BCUT2D eigenvalue weighted by Crippen LogP contribution is -2.38. The number of hydrazine groups is 1. The van der Waals surface area contributed by atoms with Gasteiger partial charge in [-0.05, 0) is 30.0 Å². The zero-order chi connectivity index (χ0) is 13.2. The molecule has 1 aromatic heterocycles. The fourth-order valence-electron chi connectivity index (χ4n) is 2.78. The Morgan fingerprint density at radius 2 is 2.26 bits per heavy atom. The maximum atomic E-state index is 5.81. The first-order chi connectivity index (χ1) is 9.29. The first-order valence-corrected chi connectivity index (χ1v) is 6.72. The minimum absolute atomic E-state index is 0.00499. The molecule has 1 aliphatic rings. The Morgan fingerprint density at radius 1 is 1.42 bits per heavy atom. The molecule has 3 atom stereocenters. The van der Waals surface area contributed by atoms with Gasteiger partial charge in [-0.1, -0.05) is 25.1 Å². The highest BCUT2D eigenvalue weighted by Crippen LogP contribution is 2.31. The molecule has 1 aliphatic heterocycles. The van der Waals surface area contributed by atoms with Crippen molar-refractivity contribution in [3.8, 4) is 0 Å². The summed E-state index contributed by atoms with van der Waals surface area (Å²) in [5, 5.41) is 1.13. The number of ether oxygens (including phenoxy) is 1. The molecule has 3 unspecified atom stereocenters. The largest absolute Gasteiger partial charge is 0.376 e. The van der Waals surface area contributed by atoms with Gasteiger partial charge in [0, 0.05) is 18.2 Å². The summed E-state index contributed by atoms with van der Waals surface area (Å²) in [5.74, 6) is 6.24. The molecule has 19 heavy (non-hydrogen) atoms. The van der Waals surface area contributed by atoms with Crippen molar-refractivity contribution in [1.29, 1.82) is 0 Å². The van der Waals surface area contributed by atoms with Crippen LogP contribution in [-0.2, 0) is 4.74 Å².